The Labute approximate surface area is 67.2 Å². The fourth-order valence-electron chi connectivity index (χ4n) is 1.66. The van der Waals surface area contributed by atoms with Crippen LogP contribution in [0.5, 0.6) is 0 Å². The maximum Gasteiger partial charge on any atom is 0.138 e. The molecule has 2 atom stereocenters. The average Bonchev–Trinajstić information content (AvgIpc) is 2.31. The zero-order valence-electron chi connectivity index (χ0n) is 6.84. The van der Waals surface area contributed by atoms with Gasteiger partial charge in [0.05, 0.1) is 6.07 Å². The normalized spacial score (nSPS) is 30.4. The van der Waals surface area contributed by atoms with E-state index in [1.165, 1.54) is 0 Å². The lowest BCUT2D eigenvalue weighted by atomic mass is 9.99. The summed E-state index contributed by atoms with van der Waals surface area (Å²) < 4.78 is 0. The minimum Gasteiger partial charge on any atom is -0.299 e. The number of carbonyl (C=O) groups excluding carboxylic acids is 1. The van der Waals surface area contributed by atoms with E-state index in [4.69, 9.17) is 5.26 Å². The SMILES string of the molecule is CC1CCC(CCC#N)C1=O. The molecule has 1 aliphatic carbocycles. The summed E-state index contributed by atoms with van der Waals surface area (Å²) in [5.41, 5.74) is 0. The van der Waals surface area contributed by atoms with E-state index in [9.17, 15) is 4.79 Å². The van der Waals surface area contributed by atoms with Gasteiger partial charge in [-0.3, -0.25) is 4.79 Å². The molecule has 1 fully saturated rings. The predicted molar refractivity (Wildman–Crippen MR) is 41.7 cm³/mol. The molecule has 1 saturated carbocycles. The van der Waals surface area contributed by atoms with Crippen LogP contribution < -0.4 is 0 Å². The monoisotopic (exact) mass is 151 g/mol. The van der Waals surface area contributed by atoms with E-state index in [0.29, 0.717) is 12.2 Å². The van der Waals surface area contributed by atoms with Crippen LogP contribution in [0.25, 0.3) is 0 Å². The van der Waals surface area contributed by atoms with Crippen LogP contribution in [-0.2, 0) is 4.79 Å². The first-order valence-electron chi connectivity index (χ1n) is 4.16. The zero-order valence-corrected chi connectivity index (χ0v) is 6.84. The van der Waals surface area contributed by atoms with E-state index in [-0.39, 0.29) is 11.8 Å². The quantitative estimate of drug-likeness (QED) is 0.604. The van der Waals surface area contributed by atoms with Crippen LogP contribution in [0.1, 0.15) is 32.6 Å². The fraction of sp³-hybridized carbons (Fsp3) is 0.778. The molecule has 0 aromatic heterocycles. The van der Waals surface area contributed by atoms with Gasteiger partial charge in [0.15, 0.2) is 0 Å². The summed E-state index contributed by atoms with van der Waals surface area (Å²) in [6.45, 7) is 1.98. The summed E-state index contributed by atoms with van der Waals surface area (Å²) in [4.78, 5) is 11.3. The van der Waals surface area contributed by atoms with Crippen molar-refractivity contribution in [3.05, 3.63) is 0 Å². The first-order chi connectivity index (χ1) is 5.25. The molecule has 1 rings (SSSR count). The van der Waals surface area contributed by atoms with Crippen molar-refractivity contribution in [1.29, 1.82) is 5.26 Å². The number of ketones is 1. The highest BCUT2D eigenvalue weighted by atomic mass is 16.1. The maximum absolute atomic E-state index is 11.3. The topological polar surface area (TPSA) is 40.9 Å². The molecule has 0 aromatic rings. The maximum atomic E-state index is 11.3. The molecule has 0 N–H and O–H groups in total. The summed E-state index contributed by atoms with van der Waals surface area (Å²) in [5.74, 6) is 0.823. The minimum atomic E-state index is 0.199. The number of nitrogens with zero attached hydrogens (tertiary/aromatic N) is 1. The van der Waals surface area contributed by atoms with Crippen molar-refractivity contribution in [2.75, 3.05) is 0 Å². The van der Waals surface area contributed by atoms with Crippen LogP contribution in [0.3, 0.4) is 0 Å². The van der Waals surface area contributed by atoms with Crippen LogP contribution in [0, 0.1) is 23.2 Å². The van der Waals surface area contributed by atoms with Crippen LogP contribution in [0.2, 0.25) is 0 Å². The van der Waals surface area contributed by atoms with Crippen molar-refractivity contribution in [2.24, 2.45) is 11.8 Å². The van der Waals surface area contributed by atoms with Crippen molar-refractivity contribution >= 4 is 5.78 Å². The van der Waals surface area contributed by atoms with Gasteiger partial charge in [0.25, 0.3) is 0 Å². The molecule has 60 valence electrons. The van der Waals surface area contributed by atoms with Gasteiger partial charge < -0.3 is 0 Å². The Hall–Kier alpha value is -0.840. The summed E-state index contributed by atoms with van der Waals surface area (Å²) in [6, 6.07) is 2.08. The first-order valence-corrected chi connectivity index (χ1v) is 4.16. The Morgan fingerprint density at radius 3 is 2.82 bits per heavy atom. The highest BCUT2D eigenvalue weighted by Gasteiger charge is 2.29. The molecular weight excluding hydrogens is 138 g/mol. The van der Waals surface area contributed by atoms with E-state index in [0.717, 1.165) is 19.3 Å². The molecule has 0 bridgehead atoms. The van der Waals surface area contributed by atoms with E-state index >= 15 is 0 Å². The van der Waals surface area contributed by atoms with Gasteiger partial charge in [0, 0.05) is 18.3 Å². The fourth-order valence-corrected chi connectivity index (χ4v) is 1.66. The molecule has 1 aliphatic rings. The van der Waals surface area contributed by atoms with Crippen LogP contribution in [0.15, 0.2) is 0 Å². The zero-order chi connectivity index (χ0) is 8.27. The van der Waals surface area contributed by atoms with Gasteiger partial charge in [0.2, 0.25) is 0 Å². The Kier molecular flexibility index (Phi) is 2.64. The van der Waals surface area contributed by atoms with Crippen LogP contribution in [-0.4, -0.2) is 5.78 Å². The van der Waals surface area contributed by atoms with Gasteiger partial charge in [-0.2, -0.15) is 5.26 Å². The Morgan fingerprint density at radius 1 is 1.64 bits per heavy atom. The Bertz CT molecular complexity index is 192. The largest absolute Gasteiger partial charge is 0.299 e. The molecule has 2 unspecified atom stereocenters. The molecule has 0 spiro atoms. The second-order valence-electron chi connectivity index (χ2n) is 3.27. The van der Waals surface area contributed by atoms with Crippen molar-refractivity contribution in [3.8, 4) is 6.07 Å². The van der Waals surface area contributed by atoms with Gasteiger partial charge >= 0.3 is 0 Å². The second-order valence-corrected chi connectivity index (χ2v) is 3.27. The van der Waals surface area contributed by atoms with Gasteiger partial charge in [-0.25, -0.2) is 0 Å². The number of nitriles is 1. The van der Waals surface area contributed by atoms with Crippen LogP contribution >= 0.6 is 0 Å². The third-order valence-corrected chi connectivity index (χ3v) is 2.44. The first kappa shape index (κ1) is 8.26. The summed E-state index contributed by atoms with van der Waals surface area (Å²) >= 11 is 0. The predicted octanol–water partition coefficient (Wildman–Crippen LogP) is 1.91. The van der Waals surface area contributed by atoms with Crippen molar-refractivity contribution in [3.63, 3.8) is 0 Å². The Morgan fingerprint density at radius 2 is 2.36 bits per heavy atom. The lowest BCUT2D eigenvalue weighted by Crippen LogP contribution is -2.11. The third-order valence-electron chi connectivity index (χ3n) is 2.44. The van der Waals surface area contributed by atoms with Crippen molar-refractivity contribution in [1.82, 2.24) is 0 Å². The molecule has 2 heteroatoms. The standard InChI is InChI=1S/C9H13NO/c1-7-4-5-8(9(7)11)3-2-6-10/h7-8H,2-5H2,1H3. The van der Waals surface area contributed by atoms with Crippen molar-refractivity contribution in [2.45, 2.75) is 32.6 Å². The molecule has 0 heterocycles. The van der Waals surface area contributed by atoms with Crippen LogP contribution in [0.4, 0.5) is 0 Å². The van der Waals surface area contributed by atoms with Gasteiger partial charge in [0.1, 0.15) is 5.78 Å². The number of Topliss-reactive ketones (excluding diaryl/α,β-unsaturated/α-hetero) is 1. The molecular formula is C9H13NO. The lowest BCUT2D eigenvalue weighted by Gasteiger charge is -2.03. The Balaban J connectivity index is 2.38. The molecule has 0 radical (unpaired) electrons. The molecule has 2 nitrogen and oxygen atoms in total. The van der Waals surface area contributed by atoms with Crippen molar-refractivity contribution < 1.29 is 4.79 Å². The average molecular weight is 151 g/mol. The smallest absolute Gasteiger partial charge is 0.138 e. The minimum absolute atomic E-state index is 0.199. The van der Waals surface area contributed by atoms with E-state index < -0.39 is 0 Å². The number of hydrogen-bond donors (Lipinski definition) is 0. The lowest BCUT2D eigenvalue weighted by molar-refractivity contribution is -0.123. The molecule has 0 aliphatic heterocycles. The van der Waals surface area contributed by atoms with E-state index in [2.05, 4.69) is 6.07 Å². The number of carbonyl (C=O) groups is 1. The third kappa shape index (κ3) is 1.80. The molecule has 0 saturated heterocycles. The van der Waals surface area contributed by atoms with Gasteiger partial charge in [-0.15, -0.1) is 0 Å². The van der Waals surface area contributed by atoms with E-state index in [1.807, 2.05) is 6.92 Å². The molecule has 11 heavy (non-hydrogen) atoms. The summed E-state index contributed by atoms with van der Waals surface area (Å²) in [7, 11) is 0. The second kappa shape index (κ2) is 3.52. The highest BCUT2D eigenvalue weighted by Crippen LogP contribution is 2.29. The molecule has 0 amide bonds. The highest BCUT2D eigenvalue weighted by molar-refractivity contribution is 5.84. The number of rotatable bonds is 2. The summed E-state index contributed by atoms with van der Waals surface area (Å²) in [5, 5.41) is 8.32. The molecule has 0 aromatic carbocycles. The van der Waals surface area contributed by atoms with E-state index in [1.54, 1.807) is 0 Å². The van der Waals surface area contributed by atoms with Gasteiger partial charge in [-0.05, 0) is 19.3 Å². The number of hydrogen-bond acceptors (Lipinski definition) is 2. The van der Waals surface area contributed by atoms with Gasteiger partial charge in [-0.1, -0.05) is 6.92 Å². The summed E-state index contributed by atoms with van der Waals surface area (Å²) in [6.07, 6.45) is 3.33.